The van der Waals surface area contributed by atoms with Crippen molar-refractivity contribution >= 4 is 11.5 Å². The molecule has 0 aliphatic carbocycles. The largest absolute Gasteiger partial charge is 0.354 e. The maximum atomic E-state index is 10.6. The first-order chi connectivity index (χ1) is 10.2. The molecule has 0 radical (unpaired) electrons. The highest BCUT2D eigenvalue weighted by molar-refractivity contribution is 5.43. The zero-order valence-corrected chi connectivity index (χ0v) is 12.1. The number of nitrogens with one attached hydrogen (secondary N) is 1. The van der Waals surface area contributed by atoms with E-state index in [-0.39, 0.29) is 5.69 Å². The highest BCUT2D eigenvalue weighted by Gasteiger charge is 2.25. The van der Waals surface area contributed by atoms with Crippen molar-refractivity contribution in [1.29, 1.82) is 0 Å². The number of pyridine rings is 1. The van der Waals surface area contributed by atoms with E-state index in [1.165, 1.54) is 25.1 Å². The minimum Gasteiger partial charge on any atom is -0.354 e. The van der Waals surface area contributed by atoms with Crippen LogP contribution in [0, 0.1) is 10.1 Å². The number of nitrogens with zero attached hydrogens (tertiary/aromatic N) is 4. The maximum Gasteiger partial charge on any atom is 0.287 e. The second-order valence-corrected chi connectivity index (χ2v) is 5.65. The van der Waals surface area contributed by atoms with Crippen molar-refractivity contribution < 1.29 is 4.92 Å². The van der Waals surface area contributed by atoms with Gasteiger partial charge in [0.15, 0.2) is 0 Å². The molecule has 0 aromatic carbocycles. The van der Waals surface area contributed by atoms with Crippen LogP contribution in [0.5, 0.6) is 0 Å². The summed E-state index contributed by atoms with van der Waals surface area (Å²) in [5.41, 5.74) is 0.0469. The smallest absolute Gasteiger partial charge is 0.287 e. The SMILES string of the molecule is O=[N+]([O-])c1ccc(N2CCN(C3CCCNC3)CC2)nc1. The molecule has 114 valence electrons. The van der Waals surface area contributed by atoms with E-state index in [2.05, 4.69) is 20.1 Å². The van der Waals surface area contributed by atoms with Gasteiger partial charge in [0.25, 0.3) is 5.69 Å². The van der Waals surface area contributed by atoms with Crippen LogP contribution in [0.3, 0.4) is 0 Å². The molecule has 21 heavy (non-hydrogen) atoms. The van der Waals surface area contributed by atoms with Crippen LogP contribution >= 0.6 is 0 Å². The van der Waals surface area contributed by atoms with Crippen molar-refractivity contribution in [2.24, 2.45) is 0 Å². The Kier molecular flexibility index (Phi) is 4.31. The first-order valence-electron chi connectivity index (χ1n) is 7.54. The van der Waals surface area contributed by atoms with Gasteiger partial charge in [0.2, 0.25) is 0 Å². The zero-order valence-electron chi connectivity index (χ0n) is 12.1. The maximum absolute atomic E-state index is 10.6. The Hall–Kier alpha value is -1.73. The summed E-state index contributed by atoms with van der Waals surface area (Å²) < 4.78 is 0. The summed E-state index contributed by atoms with van der Waals surface area (Å²) in [4.78, 5) is 19.2. The van der Waals surface area contributed by atoms with Gasteiger partial charge in [-0.3, -0.25) is 15.0 Å². The Morgan fingerprint density at radius 2 is 2.10 bits per heavy atom. The Balaban J connectivity index is 1.56. The van der Waals surface area contributed by atoms with Crippen LogP contribution < -0.4 is 10.2 Å². The molecule has 0 spiro atoms. The summed E-state index contributed by atoms with van der Waals surface area (Å²) in [6.07, 6.45) is 3.88. The fraction of sp³-hybridized carbons (Fsp3) is 0.643. The number of aromatic nitrogens is 1. The molecular formula is C14H21N5O2. The number of hydrogen-bond acceptors (Lipinski definition) is 6. The van der Waals surface area contributed by atoms with Crippen molar-refractivity contribution in [3.63, 3.8) is 0 Å². The van der Waals surface area contributed by atoms with Gasteiger partial charge in [0.1, 0.15) is 12.0 Å². The van der Waals surface area contributed by atoms with E-state index in [1.807, 2.05) is 0 Å². The summed E-state index contributed by atoms with van der Waals surface area (Å²) in [5, 5.41) is 14.1. The van der Waals surface area contributed by atoms with Gasteiger partial charge in [0.05, 0.1) is 4.92 Å². The molecule has 2 aliphatic rings. The van der Waals surface area contributed by atoms with Crippen LogP contribution in [0.2, 0.25) is 0 Å². The van der Waals surface area contributed by atoms with Crippen LogP contribution in [0.15, 0.2) is 18.3 Å². The Morgan fingerprint density at radius 3 is 2.67 bits per heavy atom. The first kappa shape index (κ1) is 14.2. The van der Waals surface area contributed by atoms with E-state index in [4.69, 9.17) is 0 Å². The van der Waals surface area contributed by atoms with Crippen LogP contribution in [0.25, 0.3) is 0 Å². The second kappa shape index (κ2) is 6.36. The first-order valence-corrected chi connectivity index (χ1v) is 7.54. The molecule has 7 heteroatoms. The predicted molar refractivity (Wildman–Crippen MR) is 80.6 cm³/mol. The van der Waals surface area contributed by atoms with Crippen LogP contribution in [-0.4, -0.2) is 60.1 Å². The molecule has 3 heterocycles. The molecule has 7 nitrogen and oxygen atoms in total. The van der Waals surface area contributed by atoms with Gasteiger partial charge < -0.3 is 10.2 Å². The van der Waals surface area contributed by atoms with Gasteiger partial charge in [-0.2, -0.15) is 0 Å². The van der Waals surface area contributed by atoms with Gasteiger partial charge in [-0.25, -0.2) is 4.98 Å². The number of nitro groups is 1. The molecule has 2 saturated heterocycles. The second-order valence-electron chi connectivity index (χ2n) is 5.65. The van der Waals surface area contributed by atoms with E-state index in [0.717, 1.165) is 45.1 Å². The minimum absolute atomic E-state index is 0.0469. The molecule has 1 atom stereocenters. The lowest BCUT2D eigenvalue weighted by atomic mass is 10.1. The lowest BCUT2D eigenvalue weighted by Gasteiger charge is -2.41. The minimum atomic E-state index is -0.412. The lowest BCUT2D eigenvalue weighted by Crippen LogP contribution is -2.54. The summed E-state index contributed by atoms with van der Waals surface area (Å²) >= 11 is 0. The zero-order chi connectivity index (χ0) is 14.7. The molecule has 1 N–H and O–H groups in total. The standard InChI is InChI=1S/C14H21N5O2/c20-19(21)13-3-4-14(16-11-13)18-8-6-17(7-9-18)12-2-1-5-15-10-12/h3-4,11-12,15H,1-2,5-10H2. The molecule has 2 fully saturated rings. The third kappa shape index (κ3) is 3.30. The molecule has 0 amide bonds. The normalized spacial score (nSPS) is 24.0. The van der Waals surface area contributed by atoms with E-state index in [0.29, 0.717) is 6.04 Å². The Bertz CT molecular complexity index is 479. The van der Waals surface area contributed by atoms with Crippen LogP contribution in [0.4, 0.5) is 11.5 Å². The fourth-order valence-electron chi connectivity index (χ4n) is 3.13. The average Bonchev–Trinajstić information content (AvgIpc) is 2.56. The summed E-state index contributed by atoms with van der Waals surface area (Å²) in [7, 11) is 0. The number of hydrogen-bond donors (Lipinski definition) is 1. The van der Waals surface area contributed by atoms with Gasteiger partial charge >= 0.3 is 0 Å². The highest BCUT2D eigenvalue weighted by Crippen LogP contribution is 2.19. The number of rotatable bonds is 3. The monoisotopic (exact) mass is 291 g/mol. The third-order valence-electron chi connectivity index (χ3n) is 4.37. The van der Waals surface area contributed by atoms with Crippen molar-refractivity contribution in [2.75, 3.05) is 44.2 Å². The molecule has 0 saturated carbocycles. The van der Waals surface area contributed by atoms with Crippen molar-refractivity contribution in [1.82, 2.24) is 15.2 Å². The summed E-state index contributed by atoms with van der Waals surface area (Å²) in [6, 6.07) is 3.93. The topological polar surface area (TPSA) is 74.5 Å². The summed E-state index contributed by atoms with van der Waals surface area (Å²) in [6.45, 7) is 6.16. The van der Waals surface area contributed by atoms with Crippen molar-refractivity contribution in [2.45, 2.75) is 18.9 Å². The van der Waals surface area contributed by atoms with E-state index in [9.17, 15) is 10.1 Å². The Morgan fingerprint density at radius 1 is 1.29 bits per heavy atom. The molecule has 0 bridgehead atoms. The third-order valence-corrected chi connectivity index (χ3v) is 4.37. The van der Waals surface area contributed by atoms with Gasteiger partial charge in [-0.05, 0) is 25.5 Å². The molecule has 3 rings (SSSR count). The molecular weight excluding hydrogens is 270 g/mol. The van der Waals surface area contributed by atoms with E-state index < -0.39 is 4.92 Å². The quantitative estimate of drug-likeness (QED) is 0.658. The summed E-state index contributed by atoms with van der Waals surface area (Å²) in [5.74, 6) is 0.835. The molecule has 1 aromatic rings. The average molecular weight is 291 g/mol. The molecule has 1 unspecified atom stereocenters. The van der Waals surface area contributed by atoms with E-state index >= 15 is 0 Å². The molecule has 2 aliphatic heterocycles. The van der Waals surface area contributed by atoms with Crippen LogP contribution in [-0.2, 0) is 0 Å². The van der Waals surface area contributed by atoms with Gasteiger partial charge in [-0.1, -0.05) is 0 Å². The highest BCUT2D eigenvalue weighted by atomic mass is 16.6. The van der Waals surface area contributed by atoms with Crippen molar-refractivity contribution in [3.8, 4) is 0 Å². The van der Waals surface area contributed by atoms with Crippen LogP contribution in [0.1, 0.15) is 12.8 Å². The lowest BCUT2D eigenvalue weighted by molar-refractivity contribution is -0.385. The number of piperidine rings is 1. The van der Waals surface area contributed by atoms with Gasteiger partial charge in [-0.15, -0.1) is 0 Å². The fourth-order valence-corrected chi connectivity index (χ4v) is 3.13. The number of piperazine rings is 1. The van der Waals surface area contributed by atoms with Crippen molar-refractivity contribution in [3.05, 3.63) is 28.4 Å². The molecule has 1 aromatic heterocycles. The Labute approximate surface area is 124 Å². The van der Waals surface area contributed by atoms with Gasteiger partial charge in [0, 0.05) is 44.8 Å². The predicted octanol–water partition coefficient (Wildman–Crippen LogP) is 0.864. The number of anilines is 1. The van der Waals surface area contributed by atoms with E-state index in [1.54, 1.807) is 6.07 Å².